The van der Waals surface area contributed by atoms with E-state index in [-0.39, 0.29) is 12.0 Å². The van der Waals surface area contributed by atoms with Crippen molar-refractivity contribution in [1.29, 1.82) is 0 Å². The van der Waals surface area contributed by atoms with Crippen LogP contribution in [0.2, 0.25) is 5.02 Å². The van der Waals surface area contributed by atoms with Crippen LogP contribution in [0.15, 0.2) is 34.9 Å². The third-order valence-electron chi connectivity index (χ3n) is 3.82. The molecule has 0 saturated heterocycles. The van der Waals surface area contributed by atoms with Crippen LogP contribution in [-0.4, -0.2) is 22.2 Å². The van der Waals surface area contributed by atoms with E-state index in [0.717, 1.165) is 11.3 Å². The Bertz CT molecular complexity index is 631. The lowest BCUT2D eigenvalue weighted by Gasteiger charge is -2.28. The van der Waals surface area contributed by atoms with Gasteiger partial charge in [0.25, 0.3) is 0 Å². The number of nitrogens with one attached hydrogen (secondary N) is 1. The highest BCUT2D eigenvalue weighted by Gasteiger charge is 2.25. The van der Waals surface area contributed by atoms with E-state index in [0.29, 0.717) is 23.9 Å². The molecule has 5 heteroatoms. The Kier molecular flexibility index (Phi) is 5.50. The number of oxazole rings is 1. The molecule has 0 bridgehead atoms. The Morgan fingerprint density at radius 3 is 2.35 bits per heavy atom. The molecule has 2 N–H and O–H groups in total. The zero-order valence-corrected chi connectivity index (χ0v) is 14.9. The minimum atomic E-state index is -0.454. The molecule has 4 nitrogen and oxygen atoms in total. The summed E-state index contributed by atoms with van der Waals surface area (Å²) in [7, 11) is 0. The van der Waals surface area contributed by atoms with Crippen LogP contribution in [0.5, 0.6) is 0 Å². The summed E-state index contributed by atoms with van der Waals surface area (Å²) in [5, 5.41) is 13.8. The van der Waals surface area contributed by atoms with Gasteiger partial charge in [-0.25, -0.2) is 4.98 Å². The Balaban J connectivity index is 2.00. The summed E-state index contributed by atoms with van der Waals surface area (Å²) in [4.78, 5) is 4.31. The van der Waals surface area contributed by atoms with E-state index < -0.39 is 5.54 Å². The Labute approximate surface area is 142 Å². The van der Waals surface area contributed by atoms with E-state index in [9.17, 15) is 5.11 Å². The topological polar surface area (TPSA) is 58.3 Å². The predicted molar refractivity (Wildman–Crippen MR) is 92.7 cm³/mol. The first-order valence-electron chi connectivity index (χ1n) is 7.77. The van der Waals surface area contributed by atoms with Gasteiger partial charge in [0.05, 0.1) is 19.3 Å². The van der Waals surface area contributed by atoms with Crippen molar-refractivity contribution in [3.63, 3.8) is 0 Å². The lowest BCUT2D eigenvalue weighted by molar-refractivity contribution is 0.168. The highest BCUT2D eigenvalue weighted by atomic mass is 35.5. The van der Waals surface area contributed by atoms with Crippen molar-refractivity contribution in [2.75, 3.05) is 6.61 Å². The van der Waals surface area contributed by atoms with Crippen molar-refractivity contribution < 1.29 is 9.52 Å². The lowest BCUT2D eigenvalue weighted by Crippen LogP contribution is -2.47. The molecular formula is C18H25ClN2O2. The van der Waals surface area contributed by atoms with Gasteiger partial charge in [-0.1, -0.05) is 44.5 Å². The fraction of sp³-hybridized carbons (Fsp3) is 0.500. The second-order valence-electron chi connectivity index (χ2n) is 7.24. The highest BCUT2D eigenvalue weighted by Crippen LogP contribution is 2.23. The van der Waals surface area contributed by atoms with Crippen LogP contribution < -0.4 is 5.32 Å². The first-order valence-corrected chi connectivity index (χ1v) is 8.15. The summed E-state index contributed by atoms with van der Waals surface area (Å²) in [6.45, 7) is 8.73. The van der Waals surface area contributed by atoms with Gasteiger partial charge in [-0.05, 0) is 31.0 Å². The average molecular weight is 337 g/mol. The van der Waals surface area contributed by atoms with E-state index in [1.165, 1.54) is 0 Å². The molecule has 1 heterocycles. The molecule has 126 valence electrons. The Morgan fingerprint density at radius 1 is 1.17 bits per heavy atom. The Hall–Kier alpha value is -1.36. The van der Waals surface area contributed by atoms with Crippen molar-refractivity contribution in [2.24, 2.45) is 0 Å². The summed E-state index contributed by atoms with van der Waals surface area (Å²) in [6.07, 6.45) is 2.46. The van der Waals surface area contributed by atoms with Gasteiger partial charge in [0.15, 0.2) is 0 Å². The largest absolute Gasteiger partial charge is 0.444 e. The molecule has 2 rings (SSSR count). The van der Waals surface area contributed by atoms with Gasteiger partial charge >= 0.3 is 0 Å². The standard InChI is InChI=1S/C18H25ClN2O2/c1-17(2,3)15-10-20-16(23-15)11-21-18(4,12-22)9-13-5-7-14(19)8-6-13/h5-8,10,21-22H,9,11-12H2,1-4H3. The molecule has 0 aliphatic heterocycles. The summed E-state index contributed by atoms with van der Waals surface area (Å²) in [5.74, 6) is 1.49. The van der Waals surface area contributed by atoms with Crippen LogP contribution in [0.1, 0.15) is 44.9 Å². The van der Waals surface area contributed by atoms with Gasteiger partial charge in [0, 0.05) is 16.0 Å². The third kappa shape index (κ3) is 5.06. The van der Waals surface area contributed by atoms with Gasteiger partial charge in [-0.3, -0.25) is 0 Å². The maximum Gasteiger partial charge on any atom is 0.208 e. The van der Waals surface area contributed by atoms with E-state index in [4.69, 9.17) is 16.0 Å². The molecule has 0 radical (unpaired) electrons. The van der Waals surface area contributed by atoms with Crippen molar-refractivity contribution in [1.82, 2.24) is 10.3 Å². The van der Waals surface area contributed by atoms with Crippen LogP contribution in [0.25, 0.3) is 0 Å². The fourth-order valence-corrected chi connectivity index (χ4v) is 2.38. The molecular weight excluding hydrogens is 312 g/mol. The van der Waals surface area contributed by atoms with Crippen molar-refractivity contribution in [3.8, 4) is 0 Å². The molecule has 0 spiro atoms. The summed E-state index contributed by atoms with van der Waals surface area (Å²) in [5.41, 5.74) is 0.597. The number of benzene rings is 1. The minimum Gasteiger partial charge on any atom is -0.444 e. The summed E-state index contributed by atoms with van der Waals surface area (Å²) < 4.78 is 5.78. The average Bonchev–Trinajstić information content (AvgIpc) is 2.97. The number of rotatable bonds is 6. The zero-order chi connectivity index (χ0) is 17.1. The number of halogens is 1. The normalized spacial score (nSPS) is 14.7. The van der Waals surface area contributed by atoms with Gasteiger partial charge < -0.3 is 14.8 Å². The monoisotopic (exact) mass is 336 g/mol. The van der Waals surface area contributed by atoms with E-state index in [1.54, 1.807) is 6.20 Å². The smallest absolute Gasteiger partial charge is 0.208 e. The lowest BCUT2D eigenvalue weighted by atomic mass is 9.93. The number of hydrogen-bond donors (Lipinski definition) is 2. The van der Waals surface area contributed by atoms with Crippen molar-refractivity contribution >= 4 is 11.6 Å². The molecule has 0 aliphatic carbocycles. The first-order chi connectivity index (χ1) is 10.7. The van der Waals surface area contributed by atoms with Crippen molar-refractivity contribution in [3.05, 3.63) is 52.7 Å². The van der Waals surface area contributed by atoms with Crippen LogP contribution >= 0.6 is 11.6 Å². The number of aromatic nitrogens is 1. The molecule has 0 saturated carbocycles. The number of hydrogen-bond acceptors (Lipinski definition) is 4. The molecule has 1 unspecified atom stereocenters. The molecule has 0 aliphatic rings. The molecule has 1 aromatic heterocycles. The van der Waals surface area contributed by atoms with Crippen LogP contribution in [-0.2, 0) is 18.4 Å². The summed E-state index contributed by atoms with van der Waals surface area (Å²) >= 11 is 5.91. The molecule has 0 amide bonds. The van der Waals surface area contributed by atoms with Gasteiger partial charge in [-0.2, -0.15) is 0 Å². The number of nitrogens with zero attached hydrogens (tertiary/aromatic N) is 1. The molecule has 1 aromatic carbocycles. The number of aliphatic hydroxyl groups is 1. The summed E-state index contributed by atoms with van der Waals surface area (Å²) in [6, 6.07) is 7.66. The van der Waals surface area contributed by atoms with Crippen LogP contribution in [0, 0.1) is 0 Å². The third-order valence-corrected chi connectivity index (χ3v) is 4.07. The molecule has 1 atom stereocenters. The fourth-order valence-electron chi connectivity index (χ4n) is 2.25. The quantitative estimate of drug-likeness (QED) is 0.844. The Morgan fingerprint density at radius 2 is 1.83 bits per heavy atom. The van der Waals surface area contributed by atoms with Gasteiger partial charge in [0.1, 0.15) is 5.76 Å². The van der Waals surface area contributed by atoms with Crippen molar-refractivity contribution in [2.45, 2.75) is 51.6 Å². The van der Waals surface area contributed by atoms with Gasteiger partial charge in [0.2, 0.25) is 5.89 Å². The van der Waals surface area contributed by atoms with Crippen LogP contribution in [0.4, 0.5) is 0 Å². The highest BCUT2D eigenvalue weighted by molar-refractivity contribution is 6.30. The zero-order valence-electron chi connectivity index (χ0n) is 14.2. The SMILES string of the molecule is CC(CO)(Cc1ccc(Cl)cc1)NCc1ncc(C(C)(C)C)o1. The van der Waals surface area contributed by atoms with E-state index in [2.05, 4.69) is 31.1 Å². The molecule has 0 fully saturated rings. The number of aliphatic hydroxyl groups excluding tert-OH is 1. The molecule has 23 heavy (non-hydrogen) atoms. The first kappa shape index (κ1) is 18.0. The molecule has 2 aromatic rings. The minimum absolute atomic E-state index is 0.0163. The maximum absolute atomic E-state index is 9.77. The predicted octanol–water partition coefficient (Wildman–Crippen LogP) is 3.71. The van der Waals surface area contributed by atoms with E-state index >= 15 is 0 Å². The van der Waals surface area contributed by atoms with Gasteiger partial charge in [-0.15, -0.1) is 0 Å². The second-order valence-corrected chi connectivity index (χ2v) is 7.68. The maximum atomic E-state index is 9.77. The second kappa shape index (κ2) is 7.04. The van der Waals surface area contributed by atoms with E-state index in [1.807, 2.05) is 31.2 Å². The van der Waals surface area contributed by atoms with Crippen LogP contribution in [0.3, 0.4) is 0 Å².